The lowest BCUT2D eigenvalue weighted by Gasteiger charge is -2.22. The van der Waals surface area contributed by atoms with Crippen LogP contribution in [0.4, 0.5) is 5.95 Å². The van der Waals surface area contributed by atoms with Crippen molar-refractivity contribution in [2.45, 2.75) is 13.0 Å². The number of fused-ring (bicyclic) bond motifs is 3. The van der Waals surface area contributed by atoms with E-state index in [1.807, 2.05) is 43.1 Å². The minimum atomic E-state index is -0.595. The molecule has 0 unspecified atom stereocenters. The molecule has 0 saturated carbocycles. The number of rotatable bonds is 5. The number of hydrogen-bond acceptors (Lipinski definition) is 6. The molecule has 2 aromatic heterocycles. The summed E-state index contributed by atoms with van der Waals surface area (Å²) in [5.74, 6) is 1.33. The first-order valence-corrected chi connectivity index (χ1v) is 7.10. The lowest BCUT2D eigenvalue weighted by atomic mass is 10.2. The van der Waals surface area contributed by atoms with E-state index in [0.29, 0.717) is 18.3 Å². The molecule has 116 valence electrons. The number of ether oxygens (including phenoxy) is 1. The molecule has 2 heterocycles. The highest BCUT2D eigenvalue weighted by Crippen LogP contribution is 2.22. The Kier molecular flexibility index (Phi) is 3.91. The fraction of sp³-hybridized carbons (Fsp3) is 0.400. The zero-order valence-corrected chi connectivity index (χ0v) is 12.9. The molecule has 0 bridgehead atoms. The standard InChI is InChI=1S/C15H19N5O2/c1-10-16-14-12-6-4-5-7-13(12)17-15(20(14)18-10)19(2)8-11(21)9-22-3/h4-7,11,21H,8-9H2,1-3H3/t11-/m1/s1. The Hall–Kier alpha value is -2.25. The van der Waals surface area contributed by atoms with Gasteiger partial charge >= 0.3 is 0 Å². The van der Waals surface area contributed by atoms with E-state index in [9.17, 15) is 5.11 Å². The van der Waals surface area contributed by atoms with Crippen LogP contribution >= 0.6 is 0 Å². The third kappa shape index (κ3) is 2.60. The minimum Gasteiger partial charge on any atom is -0.389 e. The average Bonchev–Trinajstić information content (AvgIpc) is 2.88. The Bertz CT molecular complexity index is 801. The van der Waals surface area contributed by atoms with Crippen LogP contribution in [0.2, 0.25) is 0 Å². The van der Waals surface area contributed by atoms with Crippen molar-refractivity contribution in [1.82, 2.24) is 19.6 Å². The molecule has 7 heteroatoms. The van der Waals surface area contributed by atoms with Crippen molar-refractivity contribution >= 4 is 22.5 Å². The van der Waals surface area contributed by atoms with Gasteiger partial charge in [-0.25, -0.2) is 9.97 Å². The van der Waals surface area contributed by atoms with Gasteiger partial charge in [-0.2, -0.15) is 4.52 Å². The topological polar surface area (TPSA) is 75.8 Å². The number of aromatic nitrogens is 4. The maximum Gasteiger partial charge on any atom is 0.229 e. The third-order valence-electron chi connectivity index (χ3n) is 3.45. The first-order valence-electron chi connectivity index (χ1n) is 7.10. The summed E-state index contributed by atoms with van der Waals surface area (Å²) in [6, 6.07) is 7.83. The van der Waals surface area contributed by atoms with E-state index >= 15 is 0 Å². The molecular formula is C15H19N5O2. The summed E-state index contributed by atoms with van der Waals surface area (Å²) in [5.41, 5.74) is 1.62. The number of likely N-dealkylation sites (N-methyl/N-ethyl adjacent to an activating group) is 1. The van der Waals surface area contributed by atoms with Gasteiger partial charge < -0.3 is 14.7 Å². The Morgan fingerprint density at radius 3 is 2.86 bits per heavy atom. The number of aliphatic hydroxyl groups excluding tert-OH is 1. The van der Waals surface area contributed by atoms with Gasteiger partial charge in [-0.15, -0.1) is 5.10 Å². The molecule has 0 aliphatic carbocycles. The van der Waals surface area contributed by atoms with Crippen molar-refractivity contribution in [3.8, 4) is 0 Å². The highest BCUT2D eigenvalue weighted by Gasteiger charge is 2.17. The molecule has 1 atom stereocenters. The molecule has 0 amide bonds. The van der Waals surface area contributed by atoms with Crippen LogP contribution in [-0.2, 0) is 4.74 Å². The molecule has 0 saturated heterocycles. The van der Waals surface area contributed by atoms with Crippen LogP contribution in [0.5, 0.6) is 0 Å². The summed E-state index contributed by atoms with van der Waals surface area (Å²) in [5, 5.41) is 15.3. The molecule has 0 aliphatic heterocycles. The monoisotopic (exact) mass is 301 g/mol. The van der Waals surface area contributed by atoms with E-state index in [2.05, 4.69) is 15.1 Å². The molecule has 22 heavy (non-hydrogen) atoms. The van der Waals surface area contributed by atoms with Crippen molar-refractivity contribution in [3.63, 3.8) is 0 Å². The van der Waals surface area contributed by atoms with Crippen LogP contribution in [-0.4, -0.2) is 58.1 Å². The van der Waals surface area contributed by atoms with Crippen LogP contribution in [0.15, 0.2) is 24.3 Å². The molecule has 3 rings (SSSR count). The zero-order chi connectivity index (χ0) is 15.7. The molecule has 0 radical (unpaired) electrons. The number of methoxy groups -OCH3 is 1. The second kappa shape index (κ2) is 5.86. The van der Waals surface area contributed by atoms with Crippen LogP contribution < -0.4 is 4.90 Å². The molecule has 3 aromatic rings. The zero-order valence-electron chi connectivity index (χ0n) is 12.9. The van der Waals surface area contributed by atoms with Gasteiger partial charge in [0.2, 0.25) is 5.95 Å². The van der Waals surface area contributed by atoms with Crippen LogP contribution in [0, 0.1) is 6.92 Å². The Morgan fingerprint density at radius 1 is 1.32 bits per heavy atom. The van der Waals surface area contributed by atoms with Crippen LogP contribution in [0.25, 0.3) is 16.6 Å². The summed E-state index contributed by atoms with van der Waals surface area (Å²) in [6.45, 7) is 2.52. The predicted molar refractivity (Wildman–Crippen MR) is 84.2 cm³/mol. The first kappa shape index (κ1) is 14.7. The molecule has 7 nitrogen and oxygen atoms in total. The number of hydrogen-bond donors (Lipinski definition) is 1. The van der Waals surface area contributed by atoms with E-state index in [4.69, 9.17) is 4.74 Å². The molecule has 0 fully saturated rings. The van der Waals surface area contributed by atoms with E-state index in [-0.39, 0.29) is 6.61 Å². The highest BCUT2D eigenvalue weighted by atomic mass is 16.5. The highest BCUT2D eigenvalue weighted by molar-refractivity contribution is 5.92. The van der Waals surface area contributed by atoms with E-state index in [1.165, 1.54) is 0 Å². The Balaban J connectivity index is 2.10. The summed E-state index contributed by atoms with van der Waals surface area (Å²) in [7, 11) is 3.43. The van der Waals surface area contributed by atoms with Crippen molar-refractivity contribution in [1.29, 1.82) is 0 Å². The predicted octanol–water partition coefficient (Wildman–Crippen LogP) is 1.03. The molecule has 1 N–H and O–H groups in total. The number of aliphatic hydroxyl groups is 1. The third-order valence-corrected chi connectivity index (χ3v) is 3.45. The first-order chi connectivity index (χ1) is 10.6. The number of aryl methyl sites for hydroxylation is 1. The number of anilines is 1. The average molecular weight is 301 g/mol. The van der Waals surface area contributed by atoms with Crippen LogP contribution in [0.3, 0.4) is 0 Å². The maximum absolute atomic E-state index is 9.93. The van der Waals surface area contributed by atoms with Gasteiger partial charge in [0, 0.05) is 26.1 Å². The van der Waals surface area contributed by atoms with E-state index in [0.717, 1.165) is 16.6 Å². The maximum atomic E-state index is 9.93. The smallest absolute Gasteiger partial charge is 0.229 e. The number of para-hydroxylation sites is 1. The van der Waals surface area contributed by atoms with Gasteiger partial charge in [0.1, 0.15) is 5.82 Å². The van der Waals surface area contributed by atoms with Gasteiger partial charge in [-0.05, 0) is 19.1 Å². The molecule has 0 aliphatic rings. The quantitative estimate of drug-likeness (QED) is 0.758. The summed E-state index contributed by atoms with van der Waals surface area (Å²) < 4.78 is 6.69. The second-order valence-electron chi connectivity index (χ2n) is 5.31. The Labute approximate surface area is 128 Å². The van der Waals surface area contributed by atoms with Gasteiger partial charge in [0.25, 0.3) is 0 Å². The van der Waals surface area contributed by atoms with Gasteiger partial charge in [-0.3, -0.25) is 0 Å². The normalized spacial score (nSPS) is 12.9. The van der Waals surface area contributed by atoms with Crippen molar-refractivity contribution in [2.24, 2.45) is 0 Å². The summed E-state index contributed by atoms with van der Waals surface area (Å²) in [4.78, 5) is 11.0. The van der Waals surface area contributed by atoms with Crippen LogP contribution in [0.1, 0.15) is 5.82 Å². The fourth-order valence-corrected chi connectivity index (χ4v) is 2.53. The second-order valence-corrected chi connectivity index (χ2v) is 5.31. The van der Waals surface area contributed by atoms with Crippen molar-refractivity contribution in [3.05, 3.63) is 30.1 Å². The molecular weight excluding hydrogens is 282 g/mol. The summed E-state index contributed by atoms with van der Waals surface area (Å²) >= 11 is 0. The number of benzene rings is 1. The molecule has 0 spiro atoms. The largest absolute Gasteiger partial charge is 0.389 e. The lowest BCUT2D eigenvalue weighted by Crippen LogP contribution is -2.33. The van der Waals surface area contributed by atoms with Gasteiger partial charge in [0.05, 0.1) is 18.2 Å². The van der Waals surface area contributed by atoms with E-state index < -0.39 is 6.10 Å². The lowest BCUT2D eigenvalue weighted by molar-refractivity contribution is 0.0693. The van der Waals surface area contributed by atoms with Gasteiger partial charge in [-0.1, -0.05) is 12.1 Å². The fourth-order valence-electron chi connectivity index (χ4n) is 2.53. The minimum absolute atomic E-state index is 0.275. The summed E-state index contributed by atoms with van der Waals surface area (Å²) in [6.07, 6.45) is -0.595. The SMILES string of the molecule is COC[C@H](O)CN(C)c1nc2ccccc2c2nc(C)nn12. The number of nitrogens with zero attached hydrogens (tertiary/aromatic N) is 5. The Morgan fingerprint density at radius 2 is 2.09 bits per heavy atom. The molecule has 1 aromatic carbocycles. The van der Waals surface area contributed by atoms with E-state index in [1.54, 1.807) is 11.6 Å². The van der Waals surface area contributed by atoms with Gasteiger partial charge in [0.15, 0.2) is 5.65 Å². The van der Waals surface area contributed by atoms with Crippen molar-refractivity contribution in [2.75, 3.05) is 32.2 Å². The van der Waals surface area contributed by atoms with Crippen molar-refractivity contribution < 1.29 is 9.84 Å².